The molecule has 0 saturated carbocycles. The molecule has 8 heteroatoms. The standard InChI is InChI=1S/C10H11N3O4S/c11-2-5-3-13(10(17)12-9(5)16)8-1-6(15)7(4-14)18-8/h3,6-8,14-15H,1,4H2,(H,12,16,17)/t6-,7+,8-/m0/s1. The van der Waals surface area contributed by atoms with E-state index in [1.165, 1.54) is 22.5 Å². The summed E-state index contributed by atoms with van der Waals surface area (Å²) < 4.78 is 1.21. The lowest BCUT2D eigenvalue weighted by Crippen LogP contribution is -2.32. The molecular formula is C10H11N3O4S. The van der Waals surface area contributed by atoms with Crippen molar-refractivity contribution in [2.24, 2.45) is 0 Å². The Morgan fingerprint density at radius 2 is 2.33 bits per heavy atom. The van der Waals surface area contributed by atoms with Crippen molar-refractivity contribution in [3.05, 3.63) is 32.6 Å². The lowest BCUT2D eigenvalue weighted by atomic mass is 10.2. The molecule has 3 atom stereocenters. The molecule has 1 aliphatic rings. The minimum atomic E-state index is -0.721. The normalized spacial score (nSPS) is 27.1. The minimum Gasteiger partial charge on any atom is -0.395 e. The zero-order valence-corrected chi connectivity index (χ0v) is 10.1. The number of nitrogens with zero attached hydrogens (tertiary/aromatic N) is 2. The second kappa shape index (κ2) is 4.97. The van der Waals surface area contributed by atoms with Gasteiger partial charge in [0, 0.05) is 12.6 Å². The highest BCUT2D eigenvalue weighted by molar-refractivity contribution is 8.00. The lowest BCUT2D eigenvalue weighted by Gasteiger charge is -2.12. The molecule has 2 heterocycles. The Hall–Kier alpha value is -1.56. The van der Waals surface area contributed by atoms with Gasteiger partial charge in [0.05, 0.1) is 23.3 Å². The van der Waals surface area contributed by atoms with E-state index in [2.05, 4.69) is 4.98 Å². The Balaban J connectivity index is 2.39. The van der Waals surface area contributed by atoms with Gasteiger partial charge in [-0.25, -0.2) is 4.79 Å². The Bertz CT molecular complexity index is 602. The smallest absolute Gasteiger partial charge is 0.329 e. The van der Waals surface area contributed by atoms with Gasteiger partial charge in [-0.1, -0.05) is 0 Å². The van der Waals surface area contributed by atoms with Gasteiger partial charge in [0.25, 0.3) is 5.56 Å². The van der Waals surface area contributed by atoms with Gasteiger partial charge in [-0.3, -0.25) is 14.3 Å². The van der Waals surface area contributed by atoms with E-state index in [1.807, 2.05) is 0 Å². The summed E-state index contributed by atoms with van der Waals surface area (Å²) in [7, 11) is 0. The van der Waals surface area contributed by atoms with E-state index >= 15 is 0 Å². The molecule has 7 nitrogen and oxygen atoms in total. The number of nitriles is 1. The first-order valence-electron chi connectivity index (χ1n) is 5.26. The Labute approximate surface area is 106 Å². The van der Waals surface area contributed by atoms with Crippen LogP contribution in [0.25, 0.3) is 0 Å². The number of thioether (sulfide) groups is 1. The van der Waals surface area contributed by atoms with Crippen molar-refractivity contribution >= 4 is 11.8 Å². The zero-order valence-electron chi connectivity index (χ0n) is 9.24. The molecule has 1 aliphatic heterocycles. The molecule has 0 aromatic carbocycles. The quantitative estimate of drug-likeness (QED) is 0.618. The summed E-state index contributed by atoms with van der Waals surface area (Å²) in [5.41, 5.74) is -1.50. The molecule has 1 saturated heterocycles. The highest BCUT2D eigenvalue weighted by atomic mass is 32.2. The number of aromatic amines is 1. The second-order valence-corrected chi connectivity index (χ2v) is 5.36. The maximum absolute atomic E-state index is 11.6. The number of H-pyrrole nitrogens is 1. The number of hydrogen-bond acceptors (Lipinski definition) is 6. The maximum atomic E-state index is 11.6. The molecule has 0 radical (unpaired) electrons. The Morgan fingerprint density at radius 1 is 1.61 bits per heavy atom. The molecule has 0 spiro atoms. The summed E-state index contributed by atoms with van der Waals surface area (Å²) in [5.74, 6) is 0. The van der Waals surface area contributed by atoms with Gasteiger partial charge in [-0.2, -0.15) is 5.26 Å². The molecule has 1 aromatic rings. The molecule has 2 rings (SSSR count). The van der Waals surface area contributed by atoms with E-state index in [-0.39, 0.29) is 23.8 Å². The SMILES string of the molecule is N#Cc1cn([C@@H]2C[C@H](O)[C@@H](CO)S2)c(=O)[nH]c1=O. The van der Waals surface area contributed by atoms with Crippen LogP contribution in [0.2, 0.25) is 0 Å². The average Bonchev–Trinajstić information content (AvgIpc) is 2.70. The van der Waals surface area contributed by atoms with Crippen molar-refractivity contribution in [1.29, 1.82) is 5.26 Å². The first-order chi connectivity index (χ1) is 8.56. The lowest BCUT2D eigenvalue weighted by molar-refractivity contribution is 0.137. The molecule has 3 N–H and O–H groups in total. The number of aliphatic hydroxyl groups excluding tert-OH is 2. The number of aromatic nitrogens is 2. The first-order valence-corrected chi connectivity index (χ1v) is 6.21. The zero-order chi connectivity index (χ0) is 13.3. The van der Waals surface area contributed by atoms with E-state index in [9.17, 15) is 14.7 Å². The van der Waals surface area contributed by atoms with Crippen LogP contribution in [0, 0.1) is 11.3 Å². The van der Waals surface area contributed by atoms with Crippen LogP contribution in [-0.2, 0) is 0 Å². The number of rotatable bonds is 2. The third-order valence-electron chi connectivity index (χ3n) is 2.78. The van der Waals surface area contributed by atoms with E-state index < -0.39 is 22.7 Å². The van der Waals surface area contributed by atoms with Gasteiger partial charge in [0.15, 0.2) is 0 Å². The topological polar surface area (TPSA) is 119 Å². The van der Waals surface area contributed by atoms with Gasteiger partial charge >= 0.3 is 5.69 Å². The van der Waals surface area contributed by atoms with Crippen LogP contribution in [0.5, 0.6) is 0 Å². The predicted octanol–water partition coefficient (Wildman–Crippen LogP) is -1.23. The molecule has 0 amide bonds. The van der Waals surface area contributed by atoms with Gasteiger partial charge in [0.1, 0.15) is 11.6 Å². The Morgan fingerprint density at radius 3 is 2.89 bits per heavy atom. The molecule has 1 fully saturated rings. The summed E-state index contributed by atoms with van der Waals surface area (Å²) in [6.07, 6.45) is 0.757. The molecule has 96 valence electrons. The fourth-order valence-corrected chi connectivity index (χ4v) is 3.21. The first kappa shape index (κ1) is 12.9. The van der Waals surface area contributed by atoms with Crippen molar-refractivity contribution in [3.63, 3.8) is 0 Å². The molecule has 18 heavy (non-hydrogen) atoms. The van der Waals surface area contributed by atoms with E-state index in [0.717, 1.165) is 0 Å². The summed E-state index contributed by atoms with van der Waals surface area (Å²) in [5, 5.41) is 26.7. The van der Waals surface area contributed by atoms with Crippen LogP contribution in [0.1, 0.15) is 17.4 Å². The van der Waals surface area contributed by atoms with E-state index in [4.69, 9.17) is 10.4 Å². The fourth-order valence-electron chi connectivity index (χ4n) is 1.83. The molecule has 0 bridgehead atoms. The predicted molar refractivity (Wildman–Crippen MR) is 64.2 cm³/mol. The van der Waals surface area contributed by atoms with Gasteiger partial charge in [0.2, 0.25) is 0 Å². The monoisotopic (exact) mass is 269 g/mol. The highest BCUT2D eigenvalue weighted by Gasteiger charge is 2.34. The van der Waals surface area contributed by atoms with E-state index in [1.54, 1.807) is 6.07 Å². The van der Waals surface area contributed by atoms with Crippen LogP contribution >= 0.6 is 11.8 Å². The van der Waals surface area contributed by atoms with Crippen LogP contribution in [-0.4, -0.2) is 37.7 Å². The number of nitrogens with one attached hydrogen (secondary N) is 1. The minimum absolute atomic E-state index is 0.155. The largest absolute Gasteiger partial charge is 0.395 e. The van der Waals surface area contributed by atoms with Gasteiger partial charge in [-0.05, 0) is 0 Å². The van der Waals surface area contributed by atoms with E-state index in [0.29, 0.717) is 0 Å². The highest BCUT2D eigenvalue weighted by Crippen LogP contribution is 2.40. The van der Waals surface area contributed by atoms with Crippen molar-refractivity contribution in [2.45, 2.75) is 23.1 Å². The average molecular weight is 269 g/mol. The van der Waals surface area contributed by atoms with Crippen molar-refractivity contribution < 1.29 is 10.2 Å². The summed E-state index contributed by atoms with van der Waals surface area (Å²) >= 11 is 1.24. The molecule has 1 aromatic heterocycles. The summed E-state index contributed by atoms with van der Waals surface area (Å²) in [6, 6.07) is 1.70. The fraction of sp³-hybridized carbons (Fsp3) is 0.500. The van der Waals surface area contributed by atoms with Crippen molar-refractivity contribution in [2.75, 3.05) is 6.61 Å². The van der Waals surface area contributed by atoms with Gasteiger partial charge in [-0.15, -0.1) is 11.8 Å². The van der Waals surface area contributed by atoms with Crippen LogP contribution in [0.3, 0.4) is 0 Å². The summed E-state index contributed by atoms with van der Waals surface area (Å²) in [4.78, 5) is 24.9. The number of hydrogen-bond donors (Lipinski definition) is 3. The summed E-state index contributed by atoms with van der Waals surface area (Å²) in [6.45, 7) is -0.189. The third kappa shape index (κ3) is 2.20. The number of aliphatic hydroxyl groups is 2. The van der Waals surface area contributed by atoms with Crippen LogP contribution in [0.4, 0.5) is 0 Å². The molecule has 0 unspecified atom stereocenters. The van der Waals surface area contributed by atoms with Crippen molar-refractivity contribution in [3.8, 4) is 6.07 Å². The molecule has 0 aliphatic carbocycles. The second-order valence-electron chi connectivity index (χ2n) is 3.94. The third-order valence-corrected chi connectivity index (χ3v) is 4.33. The Kier molecular flexibility index (Phi) is 3.56. The van der Waals surface area contributed by atoms with Crippen LogP contribution in [0.15, 0.2) is 15.8 Å². The van der Waals surface area contributed by atoms with Crippen LogP contribution < -0.4 is 11.2 Å². The van der Waals surface area contributed by atoms with Gasteiger partial charge < -0.3 is 10.2 Å². The maximum Gasteiger partial charge on any atom is 0.329 e. The molecular weight excluding hydrogens is 258 g/mol. The van der Waals surface area contributed by atoms with Crippen molar-refractivity contribution in [1.82, 2.24) is 9.55 Å².